The van der Waals surface area contributed by atoms with Crippen LogP contribution in [0.1, 0.15) is 6.92 Å². The van der Waals surface area contributed by atoms with Gasteiger partial charge in [-0.3, -0.25) is 0 Å². The maximum atomic E-state index is 12.6. The molecule has 0 radical (unpaired) electrons. The molecule has 0 bridgehead atoms. The molecular formula is C6H10ClF4NO2. The van der Waals surface area contributed by atoms with Gasteiger partial charge < -0.3 is 10.5 Å². The minimum Gasteiger partial charge on any atom is -0.464 e. The van der Waals surface area contributed by atoms with Gasteiger partial charge in [-0.05, 0) is 6.92 Å². The van der Waals surface area contributed by atoms with Crippen LogP contribution in [0.15, 0.2) is 0 Å². The largest absolute Gasteiger partial charge is 0.464 e. The van der Waals surface area contributed by atoms with Gasteiger partial charge in [-0.25, -0.2) is 9.18 Å². The van der Waals surface area contributed by atoms with Crippen LogP contribution >= 0.6 is 12.4 Å². The standard InChI is InChI=1S/C6H9F4NO2.ClH/c1-2-13-5(12)3(7)4(11)6(8,9)10;/h3-4H,2,11H2,1H3;1H/t3?,4-;/m0./s1. The number of esters is 1. The number of carbonyl (C=O) groups excluding carboxylic acids is 1. The van der Waals surface area contributed by atoms with Gasteiger partial charge in [0.2, 0.25) is 6.17 Å². The van der Waals surface area contributed by atoms with Crippen LogP contribution in [-0.2, 0) is 9.53 Å². The molecule has 0 rings (SSSR count). The van der Waals surface area contributed by atoms with E-state index in [9.17, 15) is 22.4 Å². The van der Waals surface area contributed by atoms with Gasteiger partial charge in [0.1, 0.15) is 6.04 Å². The third kappa shape index (κ3) is 4.61. The van der Waals surface area contributed by atoms with E-state index in [0.29, 0.717) is 0 Å². The maximum absolute atomic E-state index is 12.6. The molecule has 0 saturated heterocycles. The Morgan fingerprint density at radius 3 is 2.21 bits per heavy atom. The van der Waals surface area contributed by atoms with Gasteiger partial charge in [-0.15, -0.1) is 12.4 Å². The number of hydrogen-bond donors (Lipinski definition) is 1. The molecule has 0 saturated carbocycles. The van der Waals surface area contributed by atoms with Gasteiger partial charge in [0.25, 0.3) is 0 Å². The predicted molar refractivity (Wildman–Crippen MR) is 42.8 cm³/mol. The fourth-order valence-corrected chi connectivity index (χ4v) is 0.534. The zero-order chi connectivity index (χ0) is 10.6. The third-order valence-corrected chi connectivity index (χ3v) is 1.21. The number of carbonyl (C=O) groups is 1. The van der Waals surface area contributed by atoms with E-state index in [4.69, 9.17) is 0 Å². The Labute approximate surface area is 84.0 Å². The molecule has 0 aliphatic heterocycles. The molecule has 0 aromatic heterocycles. The molecule has 0 amide bonds. The number of nitrogens with two attached hydrogens (primary N) is 1. The molecule has 1 unspecified atom stereocenters. The van der Waals surface area contributed by atoms with Crippen molar-refractivity contribution in [3.8, 4) is 0 Å². The van der Waals surface area contributed by atoms with Gasteiger partial charge in [-0.1, -0.05) is 0 Å². The van der Waals surface area contributed by atoms with Crippen LogP contribution < -0.4 is 5.73 Å². The Hall–Kier alpha value is -0.560. The van der Waals surface area contributed by atoms with Crippen molar-refractivity contribution < 1.29 is 27.1 Å². The summed E-state index contributed by atoms with van der Waals surface area (Å²) in [5, 5.41) is 0. The molecule has 0 fully saturated rings. The number of ether oxygens (including phenoxy) is 1. The molecule has 0 aromatic rings. The quantitative estimate of drug-likeness (QED) is 0.595. The summed E-state index contributed by atoms with van der Waals surface area (Å²) in [6.45, 7) is 1.16. The van der Waals surface area contributed by atoms with Crippen LogP contribution in [0.2, 0.25) is 0 Å². The van der Waals surface area contributed by atoms with Crippen molar-refractivity contribution in [3.63, 3.8) is 0 Å². The topological polar surface area (TPSA) is 52.3 Å². The highest BCUT2D eigenvalue weighted by molar-refractivity contribution is 5.85. The highest BCUT2D eigenvalue weighted by atomic mass is 35.5. The van der Waals surface area contributed by atoms with Crippen LogP contribution in [0.3, 0.4) is 0 Å². The molecule has 0 aliphatic carbocycles. The summed E-state index contributed by atoms with van der Waals surface area (Å²) < 4.78 is 51.8. The Bertz CT molecular complexity index is 187. The third-order valence-electron chi connectivity index (χ3n) is 1.21. The van der Waals surface area contributed by atoms with E-state index < -0.39 is 24.4 Å². The van der Waals surface area contributed by atoms with Gasteiger partial charge in [0, 0.05) is 0 Å². The van der Waals surface area contributed by atoms with E-state index in [1.54, 1.807) is 0 Å². The van der Waals surface area contributed by atoms with Crippen LogP contribution in [0.4, 0.5) is 17.6 Å². The van der Waals surface area contributed by atoms with E-state index >= 15 is 0 Å². The summed E-state index contributed by atoms with van der Waals surface area (Å²) in [6, 6.07) is -2.83. The minimum atomic E-state index is -4.94. The van der Waals surface area contributed by atoms with Crippen molar-refractivity contribution in [1.82, 2.24) is 0 Å². The van der Waals surface area contributed by atoms with Crippen molar-refractivity contribution in [2.75, 3.05) is 6.61 Å². The normalized spacial score (nSPS) is 15.3. The second-order valence-electron chi connectivity index (χ2n) is 2.22. The lowest BCUT2D eigenvalue weighted by atomic mass is 10.2. The summed E-state index contributed by atoms with van der Waals surface area (Å²) in [4.78, 5) is 10.5. The molecule has 2 N–H and O–H groups in total. The lowest BCUT2D eigenvalue weighted by molar-refractivity contribution is -0.177. The smallest absolute Gasteiger partial charge is 0.407 e. The van der Waals surface area contributed by atoms with Crippen LogP contribution in [0, 0.1) is 0 Å². The Morgan fingerprint density at radius 1 is 1.50 bits per heavy atom. The van der Waals surface area contributed by atoms with Crippen molar-refractivity contribution in [2.45, 2.75) is 25.3 Å². The van der Waals surface area contributed by atoms with Crippen molar-refractivity contribution >= 4 is 18.4 Å². The Morgan fingerprint density at radius 2 is 1.93 bits per heavy atom. The van der Waals surface area contributed by atoms with E-state index in [-0.39, 0.29) is 19.0 Å². The molecule has 8 heteroatoms. The van der Waals surface area contributed by atoms with E-state index in [1.807, 2.05) is 0 Å². The zero-order valence-electron chi connectivity index (χ0n) is 7.18. The zero-order valence-corrected chi connectivity index (χ0v) is 7.99. The van der Waals surface area contributed by atoms with Gasteiger partial charge in [-0.2, -0.15) is 13.2 Å². The lowest BCUT2D eigenvalue weighted by Gasteiger charge is -2.17. The number of halogens is 5. The average Bonchev–Trinajstić information content (AvgIpc) is 2.00. The van der Waals surface area contributed by atoms with E-state index in [1.165, 1.54) is 6.92 Å². The fraction of sp³-hybridized carbons (Fsp3) is 0.833. The number of hydrogen-bond acceptors (Lipinski definition) is 3. The molecule has 2 atom stereocenters. The molecule has 0 spiro atoms. The first-order valence-corrected chi connectivity index (χ1v) is 3.43. The highest BCUT2D eigenvalue weighted by Gasteiger charge is 2.46. The minimum absolute atomic E-state index is 0. The first-order valence-electron chi connectivity index (χ1n) is 3.43. The summed E-state index contributed by atoms with van der Waals surface area (Å²) in [5.41, 5.74) is 4.42. The van der Waals surface area contributed by atoms with Crippen molar-refractivity contribution in [2.24, 2.45) is 5.73 Å². The number of alkyl halides is 4. The highest BCUT2D eigenvalue weighted by Crippen LogP contribution is 2.22. The molecule has 14 heavy (non-hydrogen) atoms. The first kappa shape index (κ1) is 15.9. The van der Waals surface area contributed by atoms with Crippen LogP contribution in [0.5, 0.6) is 0 Å². The monoisotopic (exact) mass is 239 g/mol. The van der Waals surface area contributed by atoms with E-state index in [0.717, 1.165) is 0 Å². The molecule has 0 aliphatic rings. The van der Waals surface area contributed by atoms with Crippen molar-refractivity contribution in [3.05, 3.63) is 0 Å². The molecule has 0 aromatic carbocycles. The second kappa shape index (κ2) is 6.02. The molecule has 3 nitrogen and oxygen atoms in total. The predicted octanol–water partition coefficient (Wildman–Crippen LogP) is 1.20. The molecule has 86 valence electrons. The Kier molecular flexibility index (Phi) is 6.84. The summed E-state index contributed by atoms with van der Waals surface area (Å²) in [6.07, 6.45) is -7.80. The summed E-state index contributed by atoms with van der Waals surface area (Å²) in [7, 11) is 0. The SMILES string of the molecule is CCOC(=O)C(F)[C@H](N)C(F)(F)F.Cl. The summed E-state index contributed by atoms with van der Waals surface area (Å²) >= 11 is 0. The molecule has 0 heterocycles. The fourth-order valence-electron chi connectivity index (χ4n) is 0.534. The maximum Gasteiger partial charge on any atom is 0.407 e. The lowest BCUT2D eigenvalue weighted by Crippen LogP contribution is -2.48. The van der Waals surface area contributed by atoms with Crippen LogP contribution in [-0.4, -0.2) is 31.0 Å². The summed E-state index contributed by atoms with van der Waals surface area (Å²) in [5.74, 6) is -1.59. The average molecular weight is 240 g/mol. The van der Waals surface area contributed by atoms with Gasteiger partial charge in [0.15, 0.2) is 0 Å². The van der Waals surface area contributed by atoms with E-state index in [2.05, 4.69) is 10.5 Å². The van der Waals surface area contributed by atoms with Crippen LogP contribution in [0.25, 0.3) is 0 Å². The van der Waals surface area contributed by atoms with Crippen molar-refractivity contribution in [1.29, 1.82) is 0 Å². The Balaban J connectivity index is 0. The first-order chi connectivity index (χ1) is 5.80. The molecular weight excluding hydrogens is 230 g/mol. The van der Waals surface area contributed by atoms with Gasteiger partial charge in [0.05, 0.1) is 6.61 Å². The van der Waals surface area contributed by atoms with Gasteiger partial charge >= 0.3 is 12.1 Å². The number of rotatable bonds is 3. The second-order valence-corrected chi connectivity index (χ2v) is 2.22.